The number of nitrogens with zero attached hydrogens (tertiary/aromatic N) is 2. The number of imide groups is 1. The van der Waals surface area contributed by atoms with Gasteiger partial charge in [-0.2, -0.15) is 0 Å². The first-order valence-electron chi connectivity index (χ1n) is 9.78. The Kier molecular flexibility index (Phi) is 5.39. The molecule has 0 bridgehead atoms. The minimum Gasteiger partial charge on any atom is -0.497 e. The Balaban J connectivity index is 1.37. The van der Waals surface area contributed by atoms with Crippen molar-refractivity contribution in [3.63, 3.8) is 0 Å². The maximum atomic E-state index is 12.6. The smallest absolute Gasteiger partial charge is 0.329 e. The van der Waals surface area contributed by atoms with Crippen molar-refractivity contribution in [1.82, 2.24) is 10.1 Å². The van der Waals surface area contributed by atoms with Crippen LogP contribution >= 0.6 is 0 Å². The van der Waals surface area contributed by atoms with E-state index in [0.29, 0.717) is 24.3 Å². The average Bonchev–Trinajstić information content (AvgIpc) is 3.35. The van der Waals surface area contributed by atoms with E-state index in [1.807, 2.05) is 36.4 Å². The third-order valence-corrected chi connectivity index (χ3v) is 5.57. The van der Waals surface area contributed by atoms with E-state index in [1.54, 1.807) is 13.2 Å². The van der Waals surface area contributed by atoms with Crippen molar-refractivity contribution in [2.24, 2.45) is 11.8 Å². The molecular weight excluding hydrogens is 388 g/mol. The van der Waals surface area contributed by atoms with Crippen LogP contribution in [0.2, 0.25) is 0 Å². The number of aromatic nitrogens is 1. The molecule has 3 atom stereocenters. The zero-order valence-electron chi connectivity index (χ0n) is 16.7. The van der Waals surface area contributed by atoms with Gasteiger partial charge in [-0.3, -0.25) is 14.5 Å². The molecule has 4 rings (SSSR count). The van der Waals surface area contributed by atoms with Crippen molar-refractivity contribution in [3.05, 3.63) is 48.2 Å². The highest BCUT2D eigenvalue weighted by Gasteiger charge is 2.50. The first-order chi connectivity index (χ1) is 14.5. The fraction of sp³-hybridized carbons (Fsp3) is 0.364. The minimum absolute atomic E-state index is 0.142. The molecule has 30 heavy (non-hydrogen) atoms. The van der Waals surface area contributed by atoms with Crippen LogP contribution in [0, 0.1) is 11.8 Å². The van der Waals surface area contributed by atoms with Crippen LogP contribution in [0.3, 0.4) is 0 Å². The van der Waals surface area contributed by atoms with Crippen molar-refractivity contribution < 1.29 is 28.4 Å². The molecule has 8 nitrogen and oxygen atoms in total. The summed E-state index contributed by atoms with van der Waals surface area (Å²) in [6.45, 7) is 1.36. The predicted molar refractivity (Wildman–Crippen MR) is 105 cm³/mol. The summed E-state index contributed by atoms with van der Waals surface area (Å²) in [6.07, 6.45) is 4.87. The first-order valence-corrected chi connectivity index (χ1v) is 9.78. The number of allylic oxidation sites excluding steroid dienone is 2. The summed E-state index contributed by atoms with van der Waals surface area (Å²) >= 11 is 0. The largest absolute Gasteiger partial charge is 0.497 e. The van der Waals surface area contributed by atoms with Crippen LogP contribution in [0.1, 0.15) is 25.5 Å². The van der Waals surface area contributed by atoms with Crippen LogP contribution in [0.5, 0.6) is 5.75 Å². The van der Waals surface area contributed by atoms with Crippen molar-refractivity contribution in [1.29, 1.82) is 0 Å². The number of carbonyl (C=O) groups is 3. The molecule has 2 amide bonds. The standard InChI is InChI=1S/C22H22N2O6/c1-13(24-20(25)17-5-3-4-6-18(17)21(24)26)22(27)29-12-16-11-19(23-30-16)14-7-9-15(28-2)10-8-14/h3-4,7-11,13,17-18H,5-6,12H2,1-2H3/t13-,17-,18+/m1/s1. The number of esters is 1. The second-order valence-corrected chi connectivity index (χ2v) is 7.39. The van der Waals surface area contributed by atoms with Gasteiger partial charge in [-0.1, -0.05) is 17.3 Å². The van der Waals surface area contributed by atoms with Gasteiger partial charge in [0.2, 0.25) is 11.8 Å². The molecule has 1 aliphatic carbocycles. The van der Waals surface area contributed by atoms with Gasteiger partial charge in [0.25, 0.3) is 0 Å². The number of likely N-dealkylation sites (tertiary alicyclic amines) is 1. The van der Waals surface area contributed by atoms with Gasteiger partial charge in [0, 0.05) is 11.6 Å². The lowest BCUT2D eigenvalue weighted by molar-refractivity contribution is -0.159. The van der Waals surface area contributed by atoms with E-state index in [4.69, 9.17) is 14.0 Å². The van der Waals surface area contributed by atoms with Gasteiger partial charge >= 0.3 is 5.97 Å². The normalized spacial score (nSPS) is 21.5. The fourth-order valence-electron chi connectivity index (χ4n) is 3.85. The molecule has 156 valence electrons. The summed E-state index contributed by atoms with van der Waals surface area (Å²) in [5.41, 5.74) is 1.42. The molecule has 0 saturated carbocycles. The van der Waals surface area contributed by atoms with Crippen molar-refractivity contribution in [3.8, 4) is 17.0 Å². The Morgan fingerprint density at radius 2 is 1.80 bits per heavy atom. The second kappa shape index (κ2) is 8.14. The molecule has 2 aliphatic rings. The number of methoxy groups -OCH3 is 1. The summed E-state index contributed by atoms with van der Waals surface area (Å²) < 4.78 is 15.6. The van der Waals surface area contributed by atoms with E-state index in [1.165, 1.54) is 6.92 Å². The van der Waals surface area contributed by atoms with Crippen LogP contribution in [0.4, 0.5) is 0 Å². The maximum Gasteiger partial charge on any atom is 0.329 e. The molecule has 0 spiro atoms. The van der Waals surface area contributed by atoms with Crippen molar-refractivity contribution >= 4 is 17.8 Å². The quantitative estimate of drug-likeness (QED) is 0.410. The molecule has 1 aromatic carbocycles. The Labute approximate surface area is 173 Å². The zero-order chi connectivity index (χ0) is 21.3. The zero-order valence-corrected chi connectivity index (χ0v) is 16.7. The second-order valence-electron chi connectivity index (χ2n) is 7.39. The van der Waals surface area contributed by atoms with Crippen LogP contribution in [-0.2, 0) is 25.7 Å². The van der Waals surface area contributed by atoms with Crippen molar-refractivity contribution in [2.75, 3.05) is 7.11 Å². The van der Waals surface area contributed by atoms with Gasteiger partial charge in [-0.15, -0.1) is 0 Å². The Hall–Kier alpha value is -3.42. The summed E-state index contributed by atoms with van der Waals surface area (Å²) in [4.78, 5) is 38.7. The Bertz CT molecular complexity index is 967. The molecule has 8 heteroatoms. The molecule has 0 unspecified atom stereocenters. The number of carbonyl (C=O) groups excluding carboxylic acids is 3. The van der Waals surface area contributed by atoms with Gasteiger partial charge in [0.05, 0.1) is 18.9 Å². The van der Waals surface area contributed by atoms with Crippen molar-refractivity contribution in [2.45, 2.75) is 32.4 Å². The predicted octanol–water partition coefficient (Wildman–Crippen LogP) is 2.73. The fourth-order valence-corrected chi connectivity index (χ4v) is 3.85. The van der Waals surface area contributed by atoms with Gasteiger partial charge in [-0.25, -0.2) is 4.79 Å². The van der Waals surface area contributed by atoms with E-state index >= 15 is 0 Å². The topological polar surface area (TPSA) is 98.9 Å². The molecule has 1 aromatic heterocycles. The number of benzene rings is 1. The highest BCUT2D eigenvalue weighted by Crippen LogP contribution is 2.36. The molecule has 0 N–H and O–H groups in total. The summed E-state index contributed by atoms with van der Waals surface area (Å²) in [6, 6.07) is 7.98. The van der Waals surface area contributed by atoms with Gasteiger partial charge in [0.1, 0.15) is 17.5 Å². The highest BCUT2D eigenvalue weighted by molar-refractivity contribution is 6.08. The SMILES string of the molecule is COc1ccc(-c2cc(COC(=O)[C@@H](C)N3C(=O)[C@H]4CC=CC[C@H]4C3=O)on2)cc1. The summed E-state index contributed by atoms with van der Waals surface area (Å²) in [5, 5.41) is 3.98. The number of ether oxygens (including phenoxy) is 2. The number of hydrogen-bond acceptors (Lipinski definition) is 7. The average molecular weight is 410 g/mol. The molecule has 1 fully saturated rings. The van der Waals surface area contributed by atoms with Crippen LogP contribution < -0.4 is 4.74 Å². The number of amides is 2. The van der Waals surface area contributed by atoms with Gasteiger partial charge in [0.15, 0.2) is 12.4 Å². The van der Waals surface area contributed by atoms with Crippen LogP contribution in [0.25, 0.3) is 11.3 Å². The molecule has 1 saturated heterocycles. The molecule has 2 heterocycles. The Morgan fingerprint density at radius 3 is 2.40 bits per heavy atom. The lowest BCUT2D eigenvalue weighted by Gasteiger charge is -2.21. The molecule has 0 radical (unpaired) electrons. The first kappa shape index (κ1) is 19.9. The summed E-state index contributed by atoms with van der Waals surface area (Å²) in [7, 11) is 1.59. The minimum atomic E-state index is -0.986. The van der Waals surface area contributed by atoms with Crippen LogP contribution in [0.15, 0.2) is 47.0 Å². The number of hydrogen-bond donors (Lipinski definition) is 0. The van der Waals surface area contributed by atoms with E-state index in [0.717, 1.165) is 16.2 Å². The van der Waals surface area contributed by atoms with Gasteiger partial charge < -0.3 is 14.0 Å². The molecule has 2 aromatic rings. The van der Waals surface area contributed by atoms with Gasteiger partial charge in [-0.05, 0) is 44.0 Å². The van der Waals surface area contributed by atoms with E-state index in [-0.39, 0.29) is 30.3 Å². The third kappa shape index (κ3) is 3.60. The number of rotatable bonds is 6. The van der Waals surface area contributed by atoms with Crippen LogP contribution in [-0.4, -0.2) is 41.0 Å². The molecular formula is C22H22N2O6. The maximum absolute atomic E-state index is 12.6. The molecule has 1 aliphatic heterocycles. The summed E-state index contributed by atoms with van der Waals surface area (Å²) in [5.74, 6) is -0.935. The third-order valence-electron chi connectivity index (χ3n) is 5.57. The van der Waals surface area contributed by atoms with E-state index < -0.39 is 12.0 Å². The van der Waals surface area contributed by atoms with E-state index in [9.17, 15) is 14.4 Å². The monoisotopic (exact) mass is 410 g/mol. The lowest BCUT2D eigenvalue weighted by Crippen LogP contribution is -2.44. The van der Waals surface area contributed by atoms with E-state index in [2.05, 4.69) is 5.16 Å². The number of fused-ring (bicyclic) bond motifs is 1. The highest BCUT2D eigenvalue weighted by atomic mass is 16.6. The lowest BCUT2D eigenvalue weighted by atomic mass is 9.85. The Morgan fingerprint density at radius 1 is 1.17 bits per heavy atom.